The fourth-order valence-electron chi connectivity index (χ4n) is 3.96. The minimum atomic E-state index is -0.565. The third-order valence-corrected chi connectivity index (χ3v) is 6.06. The van der Waals surface area contributed by atoms with Crippen LogP contribution in [-0.2, 0) is 0 Å². The Balaban J connectivity index is 1.77. The molecule has 1 aliphatic rings. The van der Waals surface area contributed by atoms with Crippen LogP contribution in [-0.4, -0.2) is 31.6 Å². The normalized spacial score (nSPS) is 15.4. The van der Waals surface area contributed by atoms with E-state index in [0.29, 0.717) is 34.6 Å². The average molecular weight is 486 g/mol. The molecule has 2 aromatic carbocycles. The van der Waals surface area contributed by atoms with Gasteiger partial charge in [-0.1, -0.05) is 41.8 Å². The average Bonchev–Trinajstić information content (AvgIpc) is 3.02. The number of carbonyl (C=O) groups is 1. The van der Waals surface area contributed by atoms with Crippen molar-refractivity contribution >= 4 is 32.8 Å². The summed E-state index contributed by atoms with van der Waals surface area (Å²) in [7, 11) is 3.25. The highest BCUT2D eigenvalue weighted by Crippen LogP contribution is 2.40. The van der Waals surface area contributed by atoms with Gasteiger partial charge in [0.25, 0.3) is 5.91 Å². The molecule has 0 fully saturated rings. The van der Waals surface area contributed by atoms with Gasteiger partial charge < -0.3 is 18.8 Å². The lowest BCUT2D eigenvalue weighted by Crippen LogP contribution is -2.25. The second kappa shape index (κ2) is 8.75. The smallest absolute Gasteiger partial charge is 0.290 e. The first-order valence-corrected chi connectivity index (χ1v) is 11.1. The molecule has 1 aliphatic heterocycles. The fraction of sp³-hybridized carbons (Fsp3) is 0.333. The van der Waals surface area contributed by atoms with Gasteiger partial charge in [0.1, 0.15) is 5.58 Å². The highest BCUT2D eigenvalue weighted by molar-refractivity contribution is 9.10. The van der Waals surface area contributed by atoms with E-state index in [1.165, 1.54) is 4.90 Å². The van der Waals surface area contributed by atoms with Crippen molar-refractivity contribution in [2.75, 3.05) is 20.8 Å². The zero-order valence-corrected chi connectivity index (χ0v) is 19.3. The number of unbranched alkanes of at least 4 members (excludes halogenated alkanes) is 2. The van der Waals surface area contributed by atoms with Crippen molar-refractivity contribution in [1.29, 1.82) is 0 Å². The molecule has 0 aliphatic carbocycles. The zero-order chi connectivity index (χ0) is 22.1. The van der Waals surface area contributed by atoms with E-state index in [1.54, 1.807) is 32.4 Å². The van der Waals surface area contributed by atoms with Crippen molar-refractivity contribution in [3.8, 4) is 11.5 Å². The number of halogens is 1. The Morgan fingerprint density at radius 2 is 1.90 bits per heavy atom. The third-order valence-electron chi connectivity index (χ3n) is 5.57. The summed E-state index contributed by atoms with van der Waals surface area (Å²) in [6, 6.07) is 10.1. The Hall–Kier alpha value is -2.80. The van der Waals surface area contributed by atoms with Crippen LogP contribution in [0.1, 0.15) is 53.9 Å². The predicted octanol–water partition coefficient (Wildman–Crippen LogP) is 5.31. The van der Waals surface area contributed by atoms with Crippen LogP contribution in [0.25, 0.3) is 11.0 Å². The van der Waals surface area contributed by atoms with Crippen LogP contribution in [0.4, 0.5) is 0 Å². The van der Waals surface area contributed by atoms with E-state index in [1.807, 2.05) is 18.2 Å². The highest BCUT2D eigenvalue weighted by Gasteiger charge is 2.41. The largest absolute Gasteiger partial charge is 0.493 e. The molecule has 7 heteroatoms. The fourth-order valence-corrected chi connectivity index (χ4v) is 4.32. The maximum atomic E-state index is 13.4. The molecule has 31 heavy (non-hydrogen) atoms. The van der Waals surface area contributed by atoms with E-state index in [2.05, 4.69) is 22.9 Å². The van der Waals surface area contributed by atoms with Crippen molar-refractivity contribution in [2.24, 2.45) is 0 Å². The first-order valence-electron chi connectivity index (χ1n) is 10.3. The summed E-state index contributed by atoms with van der Waals surface area (Å²) in [5.41, 5.74) is 1.28. The van der Waals surface area contributed by atoms with Crippen LogP contribution >= 0.6 is 15.9 Å². The molecule has 1 atom stereocenters. The molecule has 1 amide bonds. The predicted molar refractivity (Wildman–Crippen MR) is 122 cm³/mol. The lowest BCUT2D eigenvalue weighted by molar-refractivity contribution is 0.0771. The first kappa shape index (κ1) is 21.4. The van der Waals surface area contributed by atoms with E-state index in [9.17, 15) is 9.59 Å². The van der Waals surface area contributed by atoms with Crippen molar-refractivity contribution in [3.63, 3.8) is 0 Å². The first-order chi connectivity index (χ1) is 15.0. The number of rotatable bonds is 7. The van der Waals surface area contributed by atoms with Gasteiger partial charge in [-0.2, -0.15) is 0 Å². The van der Waals surface area contributed by atoms with Gasteiger partial charge in [-0.25, -0.2) is 0 Å². The van der Waals surface area contributed by atoms with Crippen molar-refractivity contribution in [3.05, 3.63) is 68.0 Å². The SMILES string of the molecule is CCCCCOc1ccc(C2c3c(oc4ccc(Br)cc4c3=O)C(=O)N2C)cc1OC. The number of amides is 1. The standard InChI is InChI=1S/C24H24BrNO5/c1-4-5-6-11-30-18-9-7-14(12-19(18)29-3)21-20-22(27)16-13-15(25)8-10-17(16)31-23(20)24(28)26(21)2/h7-10,12-13,21H,4-6,11H2,1-3H3. The number of methoxy groups -OCH3 is 1. The summed E-state index contributed by atoms with van der Waals surface area (Å²) in [5, 5.41) is 0.434. The van der Waals surface area contributed by atoms with Crippen molar-refractivity contribution in [1.82, 2.24) is 4.90 Å². The van der Waals surface area contributed by atoms with Crippen LogP contribution < -0.4 is 14.9 Å². The second-order valence-electron chi connectivity index (χ2n) is 7.60. The topological polar surface area (TPSA) is 69.0 Å². The molecular weight excluding hydrogens is 462 g/mol. The molecule has 0 radical (unpaired) electrons. The van der Waals surface area contributed by atoms with Crippen LogP contribution in [0.15, 0.2) is 50.1 Å². The number of nitrogens with zero attached hydrogens (tertiary/aromatic N) is 1. The summed E-state index contributed by atoms with van der Waals surface area (Å²) in [5.74, 6) is 0.979. The molecular formula is C24H24BrNO5. The van der Waals surface area contributed by atoms with Crippen molar-refractivity contribution < 1.29 is 18.7 Å². The monoisotopic (exact) mass is 485 g/mol. The minimum Gasteiger partial charge on any atom is -0.493 e. The summed E-state index contributed by atoms with van der Waals surface area (Å²) in [6.07, 6.45) is 3.19. The maximum absolute atomic E-state index is 13.4. The number of ether oxygens (including phenoxy) is 2. The second-order valence-corrected chi connectivity index (χ2v) is 8.51. The number of hydrogen-bond donors (Lipinski definition) is 0. The Morgan fingerprint density at radius 3 is 2.65 bits per heavy atom. The summed E-state index contributed by atoms with van der Waals surface area (Å²) in [6.45, 7) is 2.75. The lowest BCUT2D eigenvalue weighted by Gasteiger charge is -2.21. The van der Waals surface area contributed by atoms with Gasteiger partial charge in [-0.15, -0.1) is 0 Å². The molecule has 0 bridgehead atoms. The van der Waals surface area contributed by atoms with Gasteiger partial charge in [-0.3, -0.25) is 9.59 Å². The van der Waals surface area contributed by atoms with Crippen LogP contribution in [0.2, 0.25) is 0 Å². The minimum absolute atomic E-state index is 0.0891. The Bertz CT molecular complexity index is 1200. The van der Waals surface area contributed by atoms with Gasteiger partial charge in [0.15, 0.2) is 16.9 Å². The number of benzene rings is 2. The molecule has 4 rings (SSSR count). The van der Waals surface area contributed by atoms with Crippen molar-refractivity contribution in [2.45, 2.75) is 32.2 Å². The third kappa shape index (κ3) is 3.82. The summed E-state index contributed by atoms with van der Waals surface area (Å²) < 4.78 is 18.0. The maximum Gasteiger partial charge on any atom is 0.290 e. The molecule has 3 aromatic rings. The van der Waals surface area contributed by atoms with Gasteiger partial charge in [-0.05, 0) is 42.3 Å². The molecule has 0 spiro atoms. The van der Waals surface area contributed by atoms with Gasteiger partial charge in [0.2, 0.25) is 5.76 Å². The van der Waals surface area contributed by atoms with E-state index in [-0.39, 0.29) is 17.1 Å². The Labute approximate surface area is 188 Å². The van der Waals surface area contributed by atoms with Gasteiger partial charge in [0, 0.05) is 11.5 Å². The van der Waals surface area contributed by atoms with Gasteiger partial charge in [0.05, 0.1) is 30.7 Å². The lowest BCUT2D eigenvalue weighted by atomic mass is 9.98. The Morgan fingerprint density at radius 1 is 1.10 bits per heavy atom. The molecule has 1 unspecified atom stereocenters. The molecule has 0 saturated heterocycles. The summed E-state index contributed by atoms with van der Waals surface area (Å²) >= 11 is 3.40. The van der Waals surface area contributed by atoms with Crippen LogP contribution in [0.5, 0.6) is 11.5 Å². The molecule has 1 aromatic heterocycles. The number of fused-ring (bicyclic) bond motifs is 2. The quantitative estimate of drug-likeness (QED) is 0.424. The van der Waals surface area contributed by atoms with E-state index in [4.69, 9.17) is 13.9 Å². The summed E-state index contributed by atoms with van der Waals surface area (Å²) in [4.78, 5) is 27.8. The van der Waals surface area contributed by atoms with E-state index < -0.39 is 6.04 Å². The number of hydrogen-bond acceptors (Lipinski definition) is 5. The van der Waals surface area contributed by atoms with E-state index in [0.717, 1.165) is 29.3 Å². The van der Waals surface area contributed by atoms with Crippen LogP contribution in [0.3, 0.4) is 0 Å². The molecule has 6 nitrogen and oxygen atoms in total. The van der Waals surface area contributed by atoms with E-state index >= 15 is 0 Å². The number of carbonyl (C=O) groups excluding carboxylic acids is 1. The van der Waals surface area contributed by atoms with Gasteiger partial charge >= 0.3 is 0 Å². The molecule has 0 saturated carbocycles. The molecule has 2 heterocycles. The highest BCUT2D eigenvalue weighted by atomic mass is 79.9. The molecule has 0 N–H and O–H groups in total. The zero-order valence-electron chi connectivity index (χ0n) is 17.7. The van der Waals surface area contributed by atoms with Crippen LogP contribution in [0, 0.1) is 0 Å². The molecule has 162 valence electrons. The Kier molecular flexibility index (Phi) is 6.05.